The highest BCUT2D eigenvalue weighted by molar-refractivity contribution is 6.25. The van der Waals surface area contributed by atoms with E-state index in [-0.39, 0.29) is 23.3 Å². The lowest BCUT2D eigenvalue weighted by Crippen LogP contribution is -2.66. The van der Waals surface area contributed by atoms with Crippen LogP contribution >= 0.6 is 0 Å². The lowest BCUT2D eigenvalue weighted by molar-refractivity contribution is -0.153. The number of carbonyl (C=O) groups excluding carboxylic acids is 3. The predicted molar refractivity (Wildman–Crippen MR) is 123 cm³/mol. The minimum absolute atomic E-state index is 0.000757. The third kappa shape index (κ3) is 2.85. The number of phenols is 1. The standard InChI is InChI=1S/C24H29N3O7/c1-9-10-8-11-12(26(2)3)6-7-13(28)14(11)19(29)15(10)21(31)24(34)17(9)18(27(4)5)20(30)16(22(24)32)23(25)33/h6-7,9-10,17-18,28,30-31,34H,8H2,1-5H3,(H2,25,33)/t9?,10-,17-,18-,24-/m0/s1. The van der Waals surface area contributed by atoms with E-state index in [4.69, 9.17) is 5.73 Å². The van der Waals surface area contributed by atoms with Crippen LogP contribution in [0.3, 0.4) is 0 Å². The van der Waals surface area contributed by atoms with Crippen molar-refractivity contribution in [2.24, 2.45) is 23.5 Å². The topological polar surface area (TPSA) is 165 Å². The minimum atomic E-state index is -2.65. The molecule has 34 heavy (non-hydrogen) atoms. The first kappa shape index (κ1) is 23.8. The molecule has 0 aromatic heterocycles. The summed E-state index contributed by atoms with van der Waals surface area (Å²) in [5, 5.41) is 44.4. The van der Waals surface area contributed by atoms with Crippen molar-refractivity contribution in [1.29, 1.82) is 0 Å². The third-order valence-corrected chi connectivity index (χ3v) is 7.57. The molecule has 0 aliphatic heterocycles. The molecule has 4 rings (SSSR count). The maximum atomic E-state index is 13.6. The van der Waals surface area contributed by atoms with Gasteiger partial charge in [-0.3, -0.25) is 19.3 Å². The fraction of sp³-hybridized carbons (Fsp3) is 0.458. The number of primary amides is 1. The number of Topliss-reactive ketones (excluding diaryl/α,β-unsaturated/α-hetero) is 2. The van der Waals surface area contributed by atoms with Crippen LogP contribution in [0.1, 0.15) is 22.8 Å². The van der Waals surface area contributed by atoms with E-state index in [0.717, 1.165) is 5.69 Å². The Morgan fingerprint density at radius 1 is 1.12 bits per heavy atom. The average molecular weight is 472 g/mol. The number of rotatable bonds is 3. The SMILES string of the molecule is CC1[C@@H]2Cc3c(N(C)C)ccc(O)c3C(=O)C2=C(O)[C@]2(O)C(=O)C(C(N)=O)=C(O)[C@@H](N(C)C)[C@H]12. The number of aliphatic hydroxyl groups excluding tert-OH is 2. The van der Waals surface area contributed by atoms with Gasteiger partial charge in [0.25, 0.3) is 5.91 Å². The molecule has 10 heteroatoms. The van der Waals surface area contributed by atoms with Gasteiger partial charge in [0.1, 0.15) is 22.8 Å². The monoisotopic (exact) mass is 471 g/mol. The normalized spacial score (nSPS) is 30.8. The number of hydrogen-bond acceptors (Lipinski definition) is 9. The van der Waals surface area contributed by atoms with Gasteiger partial charge in [-0.15, -0.1) is 0 Å². The van der Waals surface area contributed by atoms with E-state index in [1.807, 2.05) is 4.90 Å². The van der Waals surface area contributed by atoms with Gasteiger partial charge in [0, 0.05) is 31.3 Å². The first-order valence-corrected chi connectivity index (χ1v) is 10.9. The molecule has 1 unspecified atom stereocenters. The number of amides is 1. The van der Waals surface area contributed by atoms with E-state index in [1.165, 1.54) is 11.0 Å². The Labute approximate surface area is 196 Å². The van der Waals surface area contributed by atoms with Gasteiger partial charge in [-0.25, -0.2) is 0 Å². The Morgan fingerprint density at radius 2 is 1.74 bits per heavy atom. The quantitative estimate of drug-likeness (QED) is 0.393. The van der Waals surface area contributed by atoms with Crippen LogP contribution in [0, 0.1) is 17.8 Å². The number of fused-ring (bicyclic) bond motifs is 3. The van der Waals surface area contributed by atoms with Gasteiger partial charge in [0.15, 0.2) is 11.4 Å². The molecule has 0 saturated heterocycles. The number of hydrogen-bond donors (Lipinski definition) is 5. The van der Waals surface area contributed by atoms with E-state index >= 15 is 0 Å². The van der Waals surface area contributed by atoms with Gasteiger partial charge in [0.05, 0.1) is 11.6 Å². The summed E-state index contributed by atoms with van der Waals surface area (Å²) in [7, 11) is 6.81. The Morgan fingerprint density at radius 3 is 2.26 bits per heavy atom. The molecular weight excluding hydrogens is 442 g/mol. The maximum absolute atomic E-state index is 13.6. The molecule has 1 aromatic rings. The van der Waals surface area contributed by atoms with Crippen LogP contribution in [0.15, 0.2) is 34.8 Å². The Balaban J connectivity index is 2.03. The molecule has 5 atom stereocenters. The van der Waals surface area contributed by atoms with Gasteiger partial charge >= 0.3 is 0 Å². The molecule has 1 amide bonds. The Bertz CT molecular complexity index is 1200. The summed E-state index contributed by atoms with van der Waals surface area (Å²) in [5.74, 6) is -7.21. The highest BCUT2D eigenvalue weighted by Crippen LogP contribution is 2.55. The van der Waals surface area contributed by atoms with Gasteiger partial charge in [0.2, 0.25) is 5.78 Å². The number of aliphatic hydroxyl groups is 3. The summed E-state index contributed by atoms with van der Waals surface area (Å²) in [6, 6.07) is 2.05. The summed E-state index contributed by atoms with van der Waals surface area (Å²) in [6.45, 7) is 1.73. The van der Waals surface area contributed by atoms with Crippen molar-refractivity contribution in [3.8, 4) is 5.75 Å². The molecular formula is C24H29N3O7. The number of allylic oxidation sites excluding steroid dienone is 1. The van der Waals surface area contributed by atoms with E-state index in [9.17, 15) is 34.8 Å². The smallest absolute Gasteiger partial charge is 0.255 e. The number of likely N-dealkylation sites (N-methyl/N-ethyl adjacent to an activating group) is 1. The van der Waals surface area contributed by atoms with Crippen LogP contribution in [0.5, 0.6) is 5.75 Å². The van der Waals surface area contributed by atoms with Gasteiger partial charge < -0.3 is 31.1 Å². The third-order valence-electron chi connectivity index (χ3n) is 7.57. The van der Waals surface area contributed by atoms with Crippen molar-refractivity contribution in [2.75, 3.05) is 33.1 Å². The van der Waals surface area contributed by atoms with Gasteiger partial charge in [-0.2, -0.15) is 0 Å². The zero-order valence-electron chi connectivity index (χ0n) is 19.7. The van der Waals surface area contributed by atoms with Crippen LogP contribution in [0.4, 0.5) is 5.69 Å². The Hall–Kier alpha value is -3.37. The average Bonchev–Trinajstić information content (AvgIpc) is 2.73. The number of aromatic hydroxyl groups is 1. The number of ketones is 2. The molecule has 182 valence electrons. The zero-order chi connectivity index (χ0) is 25.4. The fourth-order valence-electron chi connectivity index (χ4n) is 6.06. The number of phenolic OH excluding ortho intramolecular Hbond substituents is 1. The summed E-state index contributed by atoms with van der Waals surface area (Å²) in [5.41, 5.74) is 3.02. The van der Waals surface area contributed by atoms with E-state index < -0.39 is 64.0 Å². The second kappa shape index (κ2) is 7.57. The van der Waals surface area contributed by atoms with Crippen LogP contribution in [-0.4, -0.2) is 82.6 Å². The molecule has 3 aliphatic carbocycles. The first-order valence-electron chi connectivity index (χ1n) is 10.9. The van der Waals surface area contributed by atoms with Crippen LogP contribution < -0.4 is 10.6 Å². The second-order valence-electron chi connectivity index (χ2n) is 9.77. The highest BCUT2D eigenvalue weighted by atomic mass is 16.3. The van der Waals surface area contributed by atoms with E-state index in [2.05, 4.69) is 0 Å². The van der Waals surface area contributed by atoms with Crippen LogP contribution in [0.25, 0.3) is 0 Å². The van der Waals surface area contributed by atoms with Crippen molar-refractivity contribution < 1.29 is 34.8 Å². The summed E-state index contributed by atoms with van der Waals surface area (Å²) in [4.78, 5) is 42.4. The molecule has 1 aromatic carbocycles. The number of carbonyl (C=O) groups is 3. The zero-order valence-corrected chi connectivity index (χ0v) is 19.7. The maximum Gasteiger partial charge on any atom is 0.255 e. The molecule has 3 aliphatic rings. The number of nitrogens with two attached hydrogens (primary N) is 1. The van der Waals surface area contributed by atoms with Gasteiger partial charge in [-0.1, -0.05) is 6.92 Å². The number of benzene rings is 1. The Kier molecular flexibility index (Phi) is 5.30. The highest BCUT2D eigenvalue weighted by Gasteiger charge is 2.65. The van der Waals surface area contributed by atoms with Crippen molar-refractivity contribution in [2.45, 2.75) is 25.0 Å². The molecule has 10 nitrogen and oxygen atoms in total. The van der Waals surface area contributed by atoms with Crippen molar-refractivity contribution in [1.82, 2.24) is 4.90 Å². The number of anilines is 1. The van der Waals surface area contributed by atoms with Crippen molar-refractivity contribution in [3.63, 3.8) is 0 Å². The lowest BCUT2D eigenvalue weighted by atomic mass is 9.54. The van der Waals surface area contributed by atoms with Gasteiger partial charge in [-0.05, 0) is 50.0 Å². The summed E-state index contributed by atoms with van der Waals surface area (Å²) in [6.07, 6.45) is 0.248. The fourth-order valence-corrected chi connectivity index (χ4v) is 6.06. The minimum Gasteiger partial charge on any atom is -0.510 e. The largest absolute Gasteiger partial charge is 0.510 e. The molecule has 0 saturated carbocycles. The summed E-state index contributed by atoms with van der Waals surface area (Å²) >= 11 is 0. The number of nitrogens with zero attached hydrogens (tertiary/aromatic N) is 2. The predicted octanol–water partition coefficient (Wildman–Crippen LogP) is 0.433. The van der Waals surface area contributed by atoms with Crippen molar-refractivity contribution >= 4 is 23.2 Å². The molecule has 0 spiro atoms. The van der Waals surface area contributed by atoms with Crippen LogP contribution in [0.2, 0.25) is 0 Å². The second-order valence-corrected chi connectivity index (χ2v) is 9.77. The molecule has 0 fully saturated rings. The van der Waals surface area contributed by atoms with E-state index in [1.54, 1.807) is 41.2 Å². The lowest BCUT2D eigenvalue weighted by Gasteiger charge is -2.53. The van der Waals surface area contributed by atoms with Crippen molar-refractivity contribution in [3.05, 3.63) is 45.9 Å². The first-order chi connectivity index (χ1) is 15.8. The molecule has 0 radical (unpaired) electrons. The van der Waals surface area contributed by atoms with Crippen LogP contribution in [-0.2, 0) is 16.0 Å². The van der Waals surface area contributed by atoms with E-state index in [0.29, 0.717) is 5.56 Å². The molecule has 6 N–H and O–H groups in total. The molecule has 0 bridgehead atoms. The molecule has 0 heterocycles. The summed E-state index contributed by atoms with van der Waals surface area (Å²) < 4.78 is 0.